The van der Waals surface area contributed by atoms with Gasteiger partial charge in [-0.25, -0.2) is 8.78 Å². The summed E-state index contributed by atoms with van der Waals surface area (Å²) >= 11 is 0. The minimum Gasteiger partial charge on any atom is -0.387 e. The molecule has 1 amide bonds. The Hall–Kier alpha value is -1.53. The molecule has 6 heteroatoms. The topological polar surface area (TPSA) is 52.6 Å². The van der Waals surface area contributed by atoms with Crippen LogP contribution in [0.1, 0.15) is 11.7 Å². The van der Waals surface area contributed by atoms with E-state index >= 15 is 0 Å². The Labute approximate surface area is 103 Å². The van der Waals surface area contributed by atoms with Gasteiger partial charge in [-0.1, -0.05) is 6.07 Å². The molecule has 0 radical (unpaired) electrons. The number of aliphatic hydroxyl groups is 1. The van der Waals surface area contributed by atoms with Crippen LogP contribution in [0.5, 0.6) is 0 Å². The maximum atomic E-state index is 13.0. The molecule has 1 unspecified atom stereocenters. The summed E-state index contributed by atoms with van der Waals surface area (Å²) in [6.45, 7) is 1.59. The molecular weight excluding hydrogens is 242 g/mol. The van der Waals surface area contributed by atoms with Crippen molar-refractivity contribution < 1.29 is 18.7 Å². The van der Waals surface area contributed by atoms with Gasteiger partial charge in [0.25, 0.3) is 0 Å². The third-order valence-corrected chi connectivity index (χ3v) is 2.88. The van der Waals surface area contributed by atoms with Crippen LogP contribution in [0.2, 0.25) is 0 Å². The number of amides is 1. The zero-order valence-electron chi connectivity index (χ0n) is 9.70. The lowest BCUT2D eigenvalue weighted by molar-refractivity contribution is -0.124. The van der Waals surface area contributed by atoms with Crippen LogP contribution in [0.15, 0.2) is 18.2 Å². The molecule has 0 aromatic heterocycles. The minimum absolute atomic E-state index is 0.0984. The van der Waals surface area contributed by atoms with Gasteiger partial charge in [-0.2, -0.15) is 0 Å². The number of nitrogens with one attached hydrogen (secondary N) is 1. The molecule has 1 heterocycles. The van der Waals surface area contributed by atoms with Crippen molar-refractivity contribution in [1.29, 1.82) is 0 Å². The third kappa shape index (κ3) is 3.02. The van der Waals surface area contributed by atoms with Gasteiger partial charge in [0.2, 0.25) is 5.91 Å². The first kappa shape index (κ1) is 12.9. The van der Waals surface area contributed by atoms with Crippen molar-refractivity contribution in [1.82, 2.24) is 10.2 Å². The molecule has 98 valence electrons. The van der Waals surface area contributed by atoms with Gasteiger partial charge in [-0.15, -0.1) is 0 Å². The van der Waals surface area contributed by atoms with E-state index in [0.717, 1.165) is 12.1 Å². The maximum Gasteiger partial charge on any atom is 0.234 e. The first-order chi connectivity index (χ1) is 8.56. The number of hydrogen-bond acceptors (Lipinski definition) is 3. The molecule has 1 aliphatic rings. The summed E-state index contributed by atoms with van der Waals surface area (Å²) in [4.78, 5) is 12.9. The third-order valence-electron chi connectivity index (χ3n) is 2.88. The molecule has 0 spiro atoms. The molecule has 4 nitrogen and oxygen atoms in total. The average Bonchev–Trinajstić information content (AvgIpc) is 2.32. The second-order valence-corrected chi connectivity index (χ2v) is 4.27. The van der Waals surface area contributed by atoms with E-state index in [1.807, 2.05) is 0 Å². The minimum atomic E-state index is -0.983. The molecule has 1 aromatic rings. The molecular formula is C12H14F2N2O2. The number of hydrogen-bond donors (Lipinski definition) is 2. The summed E-state index contributed by atoms with van der Waals surface area (Å²) in [5, 5.41) is 12.6. The number of carbonyl (C=O) groups is 1. The van der Waals surface area contributed by atoms with Gasteiger partial charge >= 0.3 is 0 Å². The van der Waals surface area contributed by atoms with Crippen LogP contribution in [0, 0.1) is 11.6 Å². The number of carbonyl (C=O) groups excluding carboxylic acids is 1. The Morgan fingerprint density at radius 3 is 2.83 bits per heavy atom. The fourth-order valence-electron chi connectivity index (χ4n) is 1.92. The molecule has 0 aliphatic carbocycles. The zero-order valence-corrected chi connectivity index (χ0v) is 9.70. The van der Waals surface area contributed by atoms with E-state index in [-0.39, 0.29) is 19.0 Å². The van der Waals surface area contributed by atoms with Gasteiger partial charge in [-0.05, 0) is 17.7 Å². The number of aliphatic hydroxyl groups excluding tert-OH is 1. The molecule has 1 aliphatic heterocycles. The normalized spacial score (nSPS) is 18.5. The van der Waals surface area contributed by atoms with Crippen LogP contribution < -0.4 is 5.32 Å². The van der Waals surface area contributed by atoms with Crippen molar-refractivity contribution in [3.63, 3.8) is 0 Å². The average molecular weight is 256 g/mol. The molecule has 1 fully saturated rings. The van der Waals surface area contributed by atoms with Crippen LogP contribution in [0.25, 0.3) is 0 Å². The maximum absolute atomic E-state index is 13.0. The van der Waals surface area contributed by atoms with E-state index in [1.54, 1.807) is 4.90 Å². The van der Waals surface area contributed by atoms with E-state index < -0.39 is 17.7 Å². The van der Waals surface area contributed by atoms with E-state index in [1.165, 1.54) is 6.07 Å². The summed E-state index contributed by atoms with van der Waals surface area (Å²) in [6, 6.07) is 3.30. The fraction of sp³-hybridized carbons (Fsp3) is 0.417. The Bertz CT molecular complexity index is 454. The molecule has 1 aromatic carbocycles. The number of piperazine rings is 1. The van der Waals surface area contributed by atoms with E-state index in [4.69, 9.17) is 0 Å². The van der Waals surface area contributed by atoms with Crippen LogP contribution in [-0.2, 0) is 4.79 Å². The molecule has 2 rings (SSSR count). The second-order valence-electron chi connectivity index (χ2n) is 4.27. The first-order valence-corrected chi connectivity index (χ1v) is 5.68. The Morgan fingerprint density at radius 2 is 2.17 bits per heavy atom. The Balaban J connectivity index is 2.00. The highest BCUT2D eigenvalue weighted by molar-refractivity contribution is 5.78. The number of nitrogens with zero attached hydrogens (tertiary/aromatic N) is 1. The monoisotopic (exact) mass is 256 g/mol. The summed E-state index contributed by atoms with van der Waals surface area (Å²) in [5.41, 5.74) is 0.305. The van der Waals surface area contributed by atoms with Crippen molar-refractivity contribution in [3.8, 4) is 0 Å². The lowest BCUT2D eigenvalue weighted by Crippen LogP contribution is -2.48. The van der Waals surface area contributed by atoms with Gasteiger partial charge in [0.15, 0.2) is 11.6 Å². The number of β-amino-alcohol motifs (C(OH)–C–C–N with tert-alkyl or cyclic N) is 1. The molecule has 1 saturated heterocycles. The second kappa shape index (κ2) is 5.41. The van der Waals surface area contributed by atoms with Gasteiger partial charge in [0, 0.05) is 19.6 Å². The molecule has 18 heavy (non-hydrogen) atoms. The van der Waals surface area contributed by atoms with Crippen LogP contribution in [0.3, 0.4) is 0 Å². The van der Waals surface area contributed by atoms with Crippen molar-refractivity contribution in [3.05, 3.63) is 35.4 Å². The summed E-state index contributed by atoms with van der Waals surface area (Å²) in [7, 11) is 0. The van der Waals surface area contributed by atoms with Crippen molar-refractivity contribution in [2.75, 3.05) is 26.2 Å². The van der Waals surface area contributed by atoms with E-state index in [9.17, 15) is 18.7 Å². The summed E-state index contributed by atoms with van der Waals surface area (Å²) in [5.74, 6) is -2.02. The lowest BCUT2D eigenvalue weighted by Gasteiger charge is -2.28. The van der Waals surface area contributed by atoms with Crippen molar-refractivity contribution in [2.24, 2.45) is 0 Å². The SMILES string of the molecule is O=C1CN(CC(O)c2ccc(F)c(F)c2)CCN1. The highest BCUT2D eigenvalue weighted by atomic mass is 19.2. The number of halogens is 2. The quantitative estimate of drug-likeness (QED) is 0.824. The highest BCUT2D eigenvalue weighted by Crippen LogP contribution is 2.17. The Morgan fingerprint density at radius 1 is 1.39 bits per heavy atom. The van der Waals surface area contributed by atoms with Gasteiger partial charge in [0.05, 0.1) is 12.6 Å². The van der Waals surface area contributed by atoms with E-state index in [0.29, 0.717) is 18.7 Å². The smallest absolute Gasteiger partial charge is 0.234 e. The summed E-state index contributed by atoms with van der Waals surface area (Å²) in [6.07, 6.45) is -0.939. The van der Waals surface area contributed by atoms with Gasteiger partial charge in [-0.3, -0.25) is 9.69 Å². The zero-order chi connectivity index (χ0) is 13.1. The Kier molecular flexibility index (Phi) is 3.88. The highest BCUT2D eigenvalue weighted by Gasteiger charge is 2.20. The first-order valence-electron chi connectivity index (χ1n) is 5.68. The van der Waals surface area contributed by atoms with Gasteiger partial charge < -0.3 is 10.4 Å². The lowest BCUT2D eigenvalue weighted by atomic mass is 10.1. The number of benzene rings is 1. The predicted octanol–water partition coefficient (Wildman–Crippen LogP) is 0.430. The van der Waals surface area contributed by atoms with Crippen LogP contribution in [0.4, 0.5) is 8.78 Å². The van der Waals surface area contributed by atoms with Crippen molar-refractivity contribution in [2.45, 2.75) is 6.10 Å². The standard InChI is InChI=1S/C12H14F2N2O2/c13-9-2-1-8(5-10(9)14)11(17)6-16-4-3-15-12(18)7-16/h1-2,5,11,17H,3-4,6-7H2,(H,15,18). The van der Waals surface area contributed by atoms with Crippen LogP contribution in [-0.4, -0.2) is 42.1 Å². The fourth-order valence-corrected chi connectivity index (χ4v) is 1.92. The van der Waals surface area contributed by atoms with E-state index in [2.05, 4.69) is 5.32 Å². The van der Waals surface area contributed by atoms with Crippen molar-refractivity contribution >= 4 is 5.91 Å². The number of rotatable bonds is 3. The largest absolute Gasteiger partial charge is 0.387 e. The predicted molar refractivity (Wildman–Crippen MR) is 60.8 cm³/mol. The molecule has 0 saturated carbocycles. The van der Waals surface area contributed by atoms with Crippen LogP contribution >= 0.6 is 0 Å². The molecule has 0 bridgehead atoms. The summed E-state index contributed by atoms with van der Waals surface area (Å²) < 4.78 is 25.8. The molecule has 2 N–H and O–H groups in total. The van der Waals surface area contributed by atoms with Gasteiger partial charge in [0.1, 0.15) is 0 Å². The molecule has 1 atom stereocenters.